The van der Waals surface area contributed by atoms with Crippen molar-refractivity contribution >= 4 is 5.91 Å². The third-order valence-corrected chi connectivity index (χ3v) is 4.19. The lowest BCUT2D eigenvalue weighted by atomic mass is 10.0. The van der Waals surface area contributed by atoms with Crippen molar-refractivity contribution in [2.45, 2.75) is 25.6 Å². The third-order valence-electron chi connectivity index (χ3n) is 4.19. The third kappa shape index (κ3) is 3.29. The number of morpholine rings is 1. The van der Waals surface area contributed by atoms with Gasteiger partial charge in [0.05, 0.1) is 6.61 Å². The fourth-order valence-electron chi connectivity index (χ4n) is 3.02. The lowest BCUT2D eigenvalue weighted by Crippen LogP contribution is -2.45. The number of nitrogens with zero attached hydrogens (tertiary/aromatic N) is 4. The number of ether oxygens (including phenoxy) is 1. The maximum Gasteiger partial charge on any atom is 0.239 e. The van der Waals surface area contributed by atoms with Gasteiger partial charge in [0, 0.05) is 19.6 Å². The van der Waals surface area contributed by atoms with E-state index in [1.165, 1.54) is 12.1 Å². The summed E-state index contributed by atoms with van der Waals surface area (Å²) < 4.78 is 20.9. The lowest BCUT2D eigenvalue weighted by Gasteiger charge is -2.36. The van der Waals surface area contributed by atoms with Crippen molar-refractivity contribution in [3.8, 4) is 0 Å². The van der Waals surface area contributed by atoms with Crippen molar-refractivity contribution in [3.05, 3.63) is 47.8 Å². The van der Waals surface area contributed by atoms with E-state index < -0.39 is 11.9 Å². The second kappa shape index (κ2) is 7.06. The lowest BCUT2D eigenvalue weighted by molar-refractivity contribution is -0.127. The van der Waals surface area contributed by atoms with Crippen molar-refractivity contribution in [3.63, 3.8) is 0 Å². The molecule has 1 amide bonds. The van der Waals surface area contributed by atoms with Crippen LogP contribution in [0.2, 0.25) is 0 Å². The van der Waals surface area contributed by atoms with Crippen molar-refractivity contribution in [2.24, 2.45) is 5.73 Å². The van der Waals surface area contributed by atoms with Gasteiger partial charge >= 0.3 is 0 Å². The van der Waals surface area contributed by atoms with Crippen molar-refractivity contribution in [1.82, 2.24) is 19.7 Å². The Kier molecular flexibility index (Phi) is 4.86. The summed E-state index contributed by atoms with van der Waals surface area (Å²) in [6, 6.07) is 5.21. The first-order valence-corrected chi connectivity index (χ1v) is 7.88. The highest BCUT2D eigenvalue weighted by Crippen LogP contribution is 2.28. The Morgan fingerprint density at radius 1 is 1.46 bits per heavy atom. The molecule has 2 atom stereocenters. The molecule has 1 aliphatic heterocycles. The molecule has 1 saturated heterocycles. The number of amides is 1. The van der Waals surface area contributed by atoms with Crippen LogP contribution in [0.25, 0.3) is 0 Å². The average Bonchev–Trinajstić information content (AvgIpc) is 3.05. The summed E-state index contributed by atoms with van der Waals surface area (Å²) in [5, 5.41) is 8.05. The number of primary amides is 1. The van der Waals surface area contributed by atoms with Gasteiger partial charge in [0.1, 0.15) is 24.3 Å². The minimum atomic E-state index is -0.630. The minimum Gasteiger partial charge on any atom is -0.368 e. The molecule has 2 heterocycles. The summed E-state index contributed by atoms with van der Waals surface area (Å²) in [6.07, 6.45) is 1.37. The van der Waals surface area contributed by atoms with Crippen LogP contribution >= 0.6 is 0 Å². The van der Waals surface area contributed by atoms with Crippen LogP contribution in [0.1, 0.15) is 30.5 Å². The molecule has 1 aromatic heterocycles. The number of carbonyl (C=O) groups is 1. The normalized spacial score (nSPS) is 20.0. The summed E-state index contributed by atoms with van der Waals surface area (Å²) in [5.74, 6) is -0.0957. The smallest absolute Gasteiger partial charge is 0.239 e. The molecule has 0 aliphatic carbocycles. The van der Waals surface area contributed by atoms with E-state index in [4.69, 9.17) is 10.5 Å². The number of nitrogens with two attached hydrogens (primary N) is 1. The van der Waals surface area contributed by atoms with Crippen LogP contribution in [0.15, 0.2) is 30.6 Å². The van der Waals surface area contributed by atoms with E-state index in [0.29, 0.717) is 25.3 Å². The van der Waals surface area contributed by atoms with Gasteiger partial charge in [-0.3, -0.25) is 9.69 Å². The Hall–Kier alpha value is -2.32. The van der Waals surface area contributed by atoms with Crippen LogP contribution in [0.3, 0.4) is 0 Å². The average molecular weight is 333 g/mol. The summed E-state index contributed by atoms with van der Waals surface area (Å²) in [4.78, 5) is 14.0. The molecule has 2 aromatic rings. The maximum absolute atomic E-state index is 13.2. The van der Waals surface area contributed by atoms with Crippen LogP contribution in [0.5, 0.6) is 0 Å². The van der Waals surface area contributed by atoms with Crippen molar-refractivity contribution in [1.29, 1.82) is 0 Å². The number of hydrogen-bond donors (Lipinski definition) is 1. The van der Waals surface area contributed by atoms with Gasteiger partial charge in [-0.2, -0.15) is 0 Å². The number of benzene rings is 1. The SMILES string of the molecule is CCn1cnnc1[C@@H]1CN([C@H](C(N)=O)c2ccc(F)cc2)CCO1. The molecule has 8 heteroatoms. The summed E-state index contributed by atoms with van der Waals surface area (Å²) in [5.41, 5.74) is 6.28. The van der Waals surface area contributed by atoms with E-state index in [1.54, 1.807) is 18.5 Å². The van der Waals surface area contributed by atoms with Gasteiger partial charge < -0.3 is 15.0 Å². The monoisotopic (exact) mass is 333 g/mol. The second-order valence-electron chi connectivity index (χ2n) is 5.69. The van der Waals surface area contributed by atoms with Crippen LogP contribution in [-0.2, 0) is 16.1 Å². The van der Waals surface area contributed by atoms with E-state index in [9.17, 15) is 9.18 Å². The molecular formula is C16H20FN5O2. The number of rotatable bonds is 5. The molecule has 0 spiro atoms. The van der Waals surface area contributed by atoms with Gasteiger partial charge in [-0.1, -0.05) is 12.1 Å². The largest absolute Gasteiger partial charge is 0.368 e. The standard InChI is InChI=1S/C16H20FN5O2/c1-2-21-10-19-20-16(21)13-9-22(7-8-24-13)14(15(18)23)11-3-5-12(17)6-4-11/h3-6,10,13-14H,2,7-9H2,1H3,(H2,18,23)/t13-,14-/m0/s1. The fraction of sp³-hybridized carbons (Fsp3) is 0.438. The van der Waals surface area contributed by atoms with E-state index >= 15 is 0 Å². The Bertz CT molecular complexity index is 703. The molecule has 7 nitrogen and oxygen atoms in total. The van der Waals surface area contributed by atoms with Crippen molar-refractivity contribution in [2.75, 3.05) is 19.7 Å². The quantitative estimate of drug-likeness (QED) is 0.883. The number of aryl methyl sites for hydroxylation is 1. The molecule has 2 N–H and O–H groups in total. The molecule has 1 fully saturated rings. The molecule has 24 heavy (non-hydrogen) atoms. The molecule has 1 aliphatic rings. The fourth-order valence-corrected chi connectivity index (χ4v) is 3.02. The van der Waals surface area contributed by atoms with Crippen molar-refractivity contribution < 1.29 is 13.9 Å². The summed E-state index contributed by atoms with van der Waals surface area (Å²) >= 11 is 0. The minimum absolute atomic E-state index is 0.288. The van der Waals surface area contributed by atoms with Gasteiger partial charge in [0.15, 0.2) is 5.82 Å². The van der Waals surface area contributed by atoms with E-state index in [2.05, 4.69) is 10.2 Å². The Morgan fingerprint density at radius 2 is 2.21 bits per heavy atom. The maximum atomic E-state index is 13.2. The Balaban J connectivity index is 1.83. The van der Waals surface area contributed by atoms with Crippen LogP contribution in [-0.4, -0.2) is 45.3 Å². The highest BCUT2D eigenvalue weighted by Gasteiger charge is 2.33. The Labute approximate surface area is 139 Å². The highest BCUT2D eigenvalue weighted by molar-refractivity contribution is 5.81. The van der Waals surface area contributed by atoms with Gasteiger partial charge in [0.25, 0.3) is 0 Å². The summed E-state index contributed by atoms with van der Waals surface area (Å²) in [7, 11) is 0. The molecule has 0 radical (unpaired) electrons. The van der Waals surface area contributed by atoms with Gasteiger partial charge in [-0.25, -0.2) is 4.39 Å². The second-order valence-corrected chi connectivity index (χ2v) is 5.69. The number of hydrogen-bond acceptors (Lipinski definition) is 5. The first kappa shape index (κ1) is 16.5. The molecule has 3 rings (SSSR count). The van der Waals surface area contributed by atoms with E-state index in [-0.39, 0.29) is 11.9 Å². The van der Waals surface area contributed by atoms with Crippen LogP contribution in [0.4, 0.5) is 4.39 Å². The number of halogens is 1. The molecule has 128 valence electrons. The predicted octanol–water partition coefficient (Wildman–Crippen LogP) is 1.04. The van der Waals surface area contributed by atoms with E-state index in [0.717, 1.165) is 12.4 Å². The zero-order valence-electron chi connectivity index (χ0n) is 13.4. The summed E-state index contributed by atoms with van der Waals surface area (Å²) in [6.45, 7) is 4.20. The van der Waals surface area contributed by atoms with Crippen LogP contribution in [0, 0.1) is 5.82 Å². The molecular weight excluding hydrogens is 313 g/mol. The molecule has 0 bridgehead atoms. The predicted molar refractivity (Wildman–Crippen MR) is 84.3 cm³/mol. The Morgan fingerprint density at radius 3 is 2.88 bits per heavy atom. The molecule has 0 saturated carbocycles. The van der Waals surface area contributed by atoms with E-state index in [1.807, 2.05) is 16.4 Å². The zero-order chi connectivity index (χ0) is 17.1. The molecule has 0 unspecified atom stereocenters. The molecule has 1 aromatic carbocycles. The zero-order valence-corrected chi connectivity index (χ0v) is 13.4. The topological polar surface area (TPSA) is 86.3 Å². The van der Waals surface area contributed by atoms with Gasteiger partial charge in [-0.15, -0.1) is 10.2 Å². The number of aromatic nitrogens is 3. The highest BCUT2D eigenvalue weighted by atomic mass is 19.1. The van der Waals surface area contributed by atoms with Gasteiger partial charge in [0.2, 0.25) is 5.91 Å². The van der Waals surface area contributed by atoms with Crippen LogP contribution < -0.4 is 5.73 Å². The number of carbonyl (C=O) groups excluding carboxylic acids is 1. The first-order valence-electron chi connectivity index (χ1n) is 7.88. The van der Waals surface area contributed by atoms with Gasteiger partial charge in [-0.05, 0) is 24.6 Å². The first-order chi connectivity index (χ1) is 11.6.